The zero-order valence-electron chi connectivity index (χ0n) is 13.8. The lowest BCUT2D eigenvalue weighted by atomic mass is 10.1. The van der Waals surface area contributed by atoms with E-state index in [4.69, 9.17) is 4.74 Å². The fraction of sp³-hybridized carbons (Fsp3) is 0.625. The van der Waals surface area contributed by atoms with Crippen molar-refractivity contribution in [3.05, 3.63) is 22.8 Å². The summed E-state index contributed by atoms with van der Waals surface area (Å²) in [6.07, 6.45) is 1.56. The number of nitrogens with zero attached hydrogens (tertiary/aromatic N) is 3. The van der Waals surface area contributed by atoms with Crippen molar-refractivity contribution >= 4 is 27.8 Å². The molecule has 0 bridgehead atoms. The predicted octanol–water partition coefficient (Wildman–Crippen LogP) is 3.68. The van der Waals surface area contributed by atoms with Crippen LogP contribution in [-0.4, -0.2) is 46.8 Å². The quantitative estimate of drug-likeness (QED) is 0.757. The molecule has 6 heteroatoms. The summed E-state index contributed by atoms with van der Waals surface area (Å²) in [5.74, 6) is 0.937. The number of pyridine rings is 1. The number of hydrogen-bond acceptors (Lipinski definition) is 4. The van der Waals surface area contributed by atoms with Crippen LogP contribution in [0.25, 0.3) is 0 Å². The van der Waals surface area contributed by atoms with Crippen LogP contribution in [0.3, 0.4) is 0 Å². The Labute approximate surface area is 140 Å². The third-order valence-corrected chi connectivity index (χ3v) is 4.02. The lowest BCUT2D eigenvalue weighted by Crippen LogP contribution is -2.59. The van der Waals surface area contributed by atoms with Crippen LogP contribution in [0.5, 0.6) is 0 Å². The van der Waals surface area contributed by atoms with E-state index in [9.17, 15) is 4.79 Å². The zero-order valence-corrected chi connectivity index (χ0v) is 15.4. The highest BCUT2D eigenvalue weighted by Gasteiger charge is 2.34. The first-order valence-corrected chi connectivity index (χ1v) is 8.34. The first-order valence-electron chi connectivity index (χ1n) is 7.55. The molecule has 0 aromatic carbocycles. The minimum atomic E-state index is -0.464. The van der Waals surface area contributed by atoms with Crippen LogP contribution in [0, 0.1) is 0 Å². The van der Waals surface area contributed by atoms with Crippen molar-refractivity contribution in [2.24, 2.45) is 0 Å². The predicted molar refractivity (Wildman–Crippen MR) is 91.1 cm³/mol. The van der Waals surface area contributed by atoms with E-state index in [0.717, 1.165) is 10.3 Å². The van der Waals surface area contributed by atoms with Crippen LogP contribution >= 0.6 is 15.9 Å². The highest BCUT2D eigenvalue weighted by atomic mass is 79.9. The normalized spacial score (nSPS) is 22.6. The summed E-state index contributed by atoms with van der Waals surface area (Å²) in [6.45, 7) is 11.2. The Bertz CT molecular complexity index is 515. The Morgan fingerprint density at radius 3 is 2.32 bits per heavy atom. The summed E-state index contributed by atoms with van der Waals surface area (Å²) in [5.41, 5.74) is -0.464. The molecule has 2 unspecified atom stereocenters. The van der Waals surface area contributed by atoms with Gasteiger partial charge in [0.05, 0.1) is 0 Å². The van der Waals surface area contributed by atoms with Crippen molar-refractivity contribution < 1.29 is 9.53 Å². The first-order chi connectivity index (χ1) is 10.2. The number of carbonyl (C=O) groups is 1. The molecule has 2 heterocycles. The van der Waals surface area contributed by atoms with Crippen molar-refractivity contribution in [2.75, 3.05) is 18.0 Å². The summed E-state index contributed by atoms with van der Waals surface area (Å²) in [7, 11) is 0. The van der Waals surface area contributed by atoms with E-state index in [1.165, 1.54) is 0 Å². The summed E-state index contributed by atoms with van der Waals surface area (Å²) in [6, 6.07) is 4.36. The van der Waals surface area contributed by atoms with E-state index in [2.05, 4.69) is 39.7 Å². The Balaban J connectivity index is 2.09. The Morgan fingerprint density at radius 2 is 1.86 bits per heavy atom. The van der Waals surface area contributed by atoms with Gasteiger partial charge in [-0.2, -0.15) is 0 Å². The number of aromatic nitrogens is 1. The van der Waals surface area contributed by atoms with Crippen LogP contribution in [0.4, 0.5) is 10.6 Å². The molecule has 1 amide bonds. The zero-order chi connectivity index (χ0) is 16.5. The van der Waals surface area contributed by atoms with Gasteiger partial charge in [-0.05, 0) is 62.7 Å². The summed E-state index contributed by atoms with van der Waals surface area (Å²) >= 11 is 3.41. The van der Waals surface area contributed by atoms with Gasteiger partial charge in [0.25, 0.3) is 0 Å². The van der Waals surface area contributed by atoms with Gasteiger partial charge >= 0.3 is 6.09 Å². The fourth-order valence-corrected chi connectivity index (χ4v) is 3.01. The van der Waals surface area contributed by atoms with E-state index in [-0.39, 0.29) is 18.2 Å². The monoisotopic (exact) mass is 369 g/mol. The van der Waals surface area contributed by atoms with Gasteiger partial charge in [-0.1, -0.05) is 0 Å². The average molecular weight is 370 g/mol. The van der Waals surface area contributed by atoms with E-state index in [1.807, 2.05) is 32.9 Å². The largest absolute Gasteiger partial charge is 0.444 e. The van der Waals surface area contributed by atoms with Gasteiger partial charge in [0.1, 0.15) is 11.4 Å². The highest BCUT2D eigenvalue weighted by molar-refractivity contribution is 9.10. The van der Waals surface area contributed by atoms with Crippen molar-refractivity contribution in [2.45, 2.75) is 52.3 Å². The average Bonchev–Trinajstić information content (AvgIpc) is 2.38. The third kappa shape index (κ3) is 4.12. The van der Waals surface area contributed by atoms with Crippen LogP contribution in [0.15, 0.2) is 22.8 Å². The third-order valence-electron chi connectivity index (χ3n) is 3.55. The maximum atomic E-state index is 12.3. The fourth-order valence-electron chi connectivity index (χ4n) is 2.77. The SMILES string of the molecule is CC1CN(C(=O)OC(C)(C)C)CC(C)N1c1ccc(Br)cn1. The lowest BCUT2D eigenvalue weighted by Gasteiger charge is -2.45. The van der Waals surface area contributed by atoms with Crippen LogP contribution in [0.2, 0.25) is 0 Å². The summed E-state index contributed by atoms with van der Waals surface area (Å²) in [4.78, 5) is 20.8. The van der Waals surface area contributed by atoms with E-state index < -0.39 is 5.60 Å². The second kappa shape index (κ2) is 6.44. The molecule has 1 aromatic rings. The minimum Gasteiger partial charge on any atom is -0.444 e. The van der Waals surface area contributed by atoms with Crippen LogP contribution < -0.4 is 4.90 Å². The highest BCUT2D eigenvalue weighted by Crippen LogP contribution is 2.25. The van der Waals surface area contributed by atoms with Gasteiger partial charge < -0.3 is 14.5 Å². The molecule has 0 saturated carbocycles. The number of hydrogen-bond donors (Lipinski definition) is 0. The molecular formula is C16H24BrN3O2. The molecule has 1 aliphatic rings. The smallest absolute Gasteiger partial charge is 0.410 e. The molecular weight excluding hydrogens is 346 g/mol. The number of amides is 1. The van der Waals surface area contributed by atoms with Gasteiger partial charge in [0.2, 0.25) is 0 Å². The lowest BCUT2D eigenvalue weighted by molar-refractivity contribution is 0.0192. The molecule has 0 aliphatic carbocycles. The molecule has 0 radical (unpaired) electrons. The van der Waals surface area contributed by atoms with Crippen LogP contribution in [0.1, 0.15) is 34.6 Å². The number of piperazine rings is 1. The van der Waals surface area contributed by atoms with Gasteiger partial charge in [-0.3, -0.25) is 0 Å². The Morgan fingerprint density at radius 1 is 1.27 bits per heavy atom. The molecule has 1 aromatic heterocycles. The second-order valence-corrected chi connectivity index (χ2v) is 7.74. The molecule has 1 saturated heterocycles. The van der Waals surface area contributed by atoms with Crippen molar-refractivity contribution in [1.29, 1.82) is 0 Å². The number of rotatable bonds is 1. The van der Waals surface area contributed by atoms with Crippen molar-refractivity contribution in [3.63, 3.8) is 0 Å². The molecule has 0 N–H and O–H groups in total. The second-order valence-electron chi connectivity index (χ2n) is 6.83. The molecule has 122 valence electrons. The maximum absolute atomic E-state index is 12.3. The first kappa shape index (κ1) is 17.1. The molecule has 1 fully saturated rings. The van der Waals surface area contributed by atoms with Crippen molar-refractivity contribution in [3.8, 4) is 0 Å². The molecule has 5 nitrogen and oxygen atoms in total. The molecule has 2 atom stereocenters. The topological polar surface area (TPSA) is 45.7 Å². The molecule has 1 aliphatic heterocycles. The number of carbonyl (C=O) groups excluding carboxylic acids is 1. The van der Waals surface area contributed by atoms with E-state index in [1.54, 1.807) is 11.1 Å². The van der Waals surface area contributed by atoms with Gasteiger partial charge in [-0.25, -0.2) is 9.78 Å². The minimum absolute atomic E-state index is 0.185. The van der Waals surface area contributed by atoms with Gasteiger partial charge in [-0.15, -0.1) is 0 Å². The Hall–Kier alpha value is -1.30. The number of anilines is 1. The Kier molecular flexibility index (Phi) is 5.00. The van der Waals surface area contributed by atoms with Gasteiger partial charge in [0, 0.05) is 35.8 Å². The molecule has 22 heavy (non-hydrogen) atoms. The molecule has 0 spiro atoms. The molecule has 2 rings (SSSR count). The summed E-state index contributed by atoms with van der Waals surface area (Å²) < 4.78 is 6.44. The summed E-state index contributed by atoms with van der Waals surface area (Å²) in [5, 5.41) is 0. The number of ether oxygens (including phenoxy) is 1. The standard InChI is InChI=1S/C16H24BrN3O2/c1-11-9-19(15(21)22-16(3,4)5)10-12(2)20(11)14-7-6-13(17)8-18-14/h6-8,11-12H,9-10H2,1-5H3. The number of halogens is 1. The maximum Gasteiger partial charge on any atom is 0.410 e. The van der Waals surface area contributed by atoms with Crippen LogP contribution in [-0.2, 0) is 4.74 Å². The van der Waals surface area contributed by atoms with E-state index >= 15 is 0 Å². The van der Waals surface area contributed by atoms with E-state index in [0.29, 0.717) is 13.1 Å². The van der Waals surface area contributed by atoms with Crippen molar-refractivity contribution in [1.82, 2.24) is 9.88 Å². The van der Waals surface area contributed by atoms with Gasteiger partial charge in [0.15, 0.2) is 0 Å².